The molecule has 0 radical (unpaired) electrons. The molecule has 2 aromatic heterocycles. The zero-order valence-electron chi connectivity index (χ0n) is 7.76. The number of hydrogen-bond donors (Lipinski definition) is 1. The van der Waals surface area contributed by atoms with E-state index in [1.165, 1.54) is 0 Å². The van der Waals surface area contributed by atoms with Crippen LogP contribution in [0.25, 0.3) is 11.2 Å². The summed E-state index contributed by atoms with van der Waals surface area (Å²) in [6, 6.07) is 0. The number of anilines is 1. The van der Waals surface area contributed by atoms with Crippen LogP contribution in [0.5, 0.6) is 0 Å². The molecule has 2 N–H and O–H groups in total. The Hall–Kier alpha value is -2.42. The van der Waals surface area contributed by atoms with Gasteiger partial charge in [-0.1, -0.05) is 9.46 Å². The summed E-state index contributed by atoms with van der Waals surface area (Å²) in [5.74, 6) is -0.250. The summed E-state index contributed by atoms with van der Waals surface area (Å²) in [4.78, 5) is 26.5. The third kappa shape index (κ3) is 0.772. The van der Waals surface area contributed by atoms with E-state index in [1.54, 1.807) is 0 Å². The van der Waals surface area contributed by atoms with E-state index in [9.17, 15) is 14.2 Å². The van der Waals surface area contributed by atoms with Gasteiger partial charge in [-0.15, -0.1) is 4.73 Å². The Morgan fingerprint density at radius 3 is 2.53 bits per heavy atom. The minimum Gasteiger partial charge on any atom is -0.382 e. The van der Waals surface area contributed by atoms with Gasteiger partial charge in [-0.2, -0.15) is 9.55 Å². The van der Waals surface area contributed by atoms with Crippen molar-refractivity contribution in [1.29, 1.82) is 0 Å². The summed E-state index contributed by atoms with van der Waals surface area (Å²) in [6.07, 6.45) is 0. The summed E-state index contributed by atoms with van der Waals surface area (Å²) in [6.45, 7) is 0. The Kier molecular flexibility index (Phi) is 1.10. The van der Waals surface area contributed by atoms with Crippen molar-refractivity contribution >= 4 is 24.8 Å². The molecule has 2 aromatic rings. The maximum Gasteiger partial charge on any atom is 0.706 e. The van der Waals surface area contributed by atoms with Crippen LogP contribution in [0, 0.1) is 0 Å². The number of rotatable bonds is 0. The molecule has 12 heteroatoms. The number of nitrogen functional groups attached to an aromatic ring is 1. The molecule has 4 rings (SSSR count). The summed E-state index contributed by atoms with van der Waals surface area (Å²) in [7, 11) is -4.08. The van der Waals surface area contributed by atoms with Crippen molar-refractivity contribution in [2.24, 2.45) is 0 Å². The van der Waals surface area contributed by atoms with Gasteiger partial charge < -0.3 is 5.73 Å². The Morgan fingerprint density at radius 1 is 1.12 bits per heavy atom. The summed E-state index contributed by atoms with van der Waals surface area (Å²) in [5, 5.41) is 0. The molecule has 88 valence electrons. The van der Waals surface area contributed by atoms with Crippen molar-refractivity contribution in [1.82, 2.24) is 19.2 Å². The van der Waals surface area contributed by atoms with Crippen molar-refractivity contribution in [3.63, 3.8) is 0 Å². The first kappa shape index (κ1) is 8.70. The highest BCUT2D eigenvalue weighted by Crippen LogP contribution is 2.45. The van der Waals surface area contributed by atoms with Crippen molar-refractivity contribution in [3.8, 4) is 0 Å². The number of nitrogens with two attached hydrogens (primary N) is 1. The molecule has 0 saturated heterocycles. The standard InChI is InChI=1S/C5H2N5O6P/c6-2-1-3-9(4(11)7-2)15-17(13)14-8(1)5(12)10(3)16-17/h(H2,6,7,11). The number of hydrogen-bond acceptors (Lipinski definition) is 8. The predicted octanol–water partition coefficient (Wildman–Crippen LogP) is -2.64. The van der Waals surface area contributed by atoms with Gasteiger partial charge in [-0.25, -0.2) is 9.59 Å². The third-order valence-electron chi connectivity index (χ3n) is 2.32. The van der Waals surface area contributed by atoms with E-state index in [4.69, 9.17) is 19.6 Å². The second-order valence-electron chi connectivity index (χ2n) is 3.31. The van der Waals surface area contributed by atoms with E-state index in [2.05, 4.69) is 4.98 Å². The van der Waals surface area contributed by atoms with Gasteiger partial charge in [0.15, 0.2) is 11.3 Å². The van der Waals surface area contributed by atoms with Gasteiger partial charge >= 0.3 is 19.2 Å². The molecule has 3 bridgehead atoms. The number of imidazole rings is 1. The molecule has 0 amide bonds. The van der Waals surface area contributed by atoms with E-state index in [1.807, 2.05) is 0 Å². The molecular weight excluding hydrogens is 257 g/mol. The fourth-order valence-electron chi connectivity index (χ4n) is 1.71. The molecule has 2 aliphatic rings. The minimum atomic E-state index is -4.08. The van der Waals surface area contributed by atoms with Gasteiger partial charge in [0.2, 0.25) is 5.65 Å². The Bertz CT molecular complexity index is 858. The molecule has 4 heterocycles. The van der Waals surface area contributed by atoms with Gasteiger partial charge in [-0.05, 0) is 0 Å². The normalized spacial score (nSPS) is 23.5. The van der Waals surface area contributed by atoms with Crippen LogP contribution >= 0.6 is 7.82 Å². The van der Waals surface area contributed by atoms with Crippen LogP contribution in [0.4, 0.5) is 5.82 Å². The maximum atomic E-state index is 11.8. The van der Waals surface area contributed by atoms with Crippen LogP contribution in [0.2, 0.25) is 0 Å². The van der Waals surface area contributed by atoms with Gasteiger partial charge in [0, 0.05) is 0 Å². The molecule has 1 unspecified atom stereocenters. The number of aromatic nitrogens is 4. The number of nitrogens with zero attached hydrogens (tertiary/aromatic N) is 4. The van der Waals surface area contributed by atoms with Crippen LogP contribution < -0.4 is 31.0 Å². The van der Waals surface area contributed by atoms with Gasteiger partial charge in [-0.3, -0.25) is 13.9 Å². The van der Waals surface area contributed by atoms with E-state index >= 15 is 0 Å². The second kappa shape index (κ2) is 2.15. The number of phosphoric acid groups is 1. The van der Waals surface area contributed by atoms with Crippen LogP contribution in [0.1, 0.15) is 0 Å². The van der Waals surface area contributed by atoms with E-state index in [0.29, 0.717) is 14.2 Å². The summed E-state index contributed by atoms with van der Waals surface area (Å²) < 4.78 is 27.8. The summed E-state index contributed by atoms with van der Waals surface area (Å²) in [5.41, 5.74) is 3.63. The lowest BCUT2D eigenvalue weighted by atomic mass is 10.5. The highest BCUT2D eigenvalue weighted by Gasteiger charge is 2.49. The molecule has 0 aliphatic carbocycles. The number of fused-ring (bicyclic) bond motifs is 3. The van der Waals surface area contributed by atoms with E-state index in [0.717, 1.165) is 0 Å². The first-order valence-corrected chi connectivity index (χ1v) is 5.72. The van der Waals surface area contributed by atoms with Crippen molar-refractivity contribution < 1.29 is 18.4 Å². The van der Waals surface area contributed by atoms with E-state index < -0.39 is 19.2 Å². The largest absolute Gasteiger partial charge is 0.706 e. The topological polar surface area (TPSA) is 133 Å². The van der Waals surface area contributed by atoms with Gasteiger partial charge in [0.25, 0.3) is 0 Å². The zero-order valence-corrected chi connectivity index (χ0v) is 8.66. The molecular formula is C5H2N5O6P. The van der Waals surface area contributed by atoms with Gasteiger partial charge in [0.1, 0.15) is 0 Å². The average molecular weight is 259 g/mol. The van der Waals surface area contributed by atoms with Crippen LogP contribution in [-0.2, 0) is 4.57 Å². The van der Waals surface area contributed by atoms with Crippen molar-refractivity contribution in [2.45, 2.75) is 0 Å². The lowest BCUT2D eigenvalue weighted by Gasteiger charge is -2.22. The zero-order chi connectivity index (χ0) is 11.9. The fourth-order valence-corrected chi connectivity index (χ4v) is 2.85. The first-order chi connectivity index (χ1) is 8.00. The Balaban J connectivity index is 2.44. The van der Waals surface area contributed by atoms with E-state index in [-0.39, 0.29) is 17.0 Å². The lowest BCUT2D eigenvalue weighted by molar-refractivity contribution is 0.0422. The minimum absolute atomic E-state index is 0.0372. The monoisotopic (exact) mass is 259 g/mol. The highest BCUT2D eigenvalue weighted by molar-refractivity contribution is 7.49. The predicted molar refractivity (Wildman–Crippen MR) is 50.0 cm³/mol. The molecule has 0 spiro atoms. The lowest BCUT2D eigenvalue weighted by Crippen LogP contribution is -2.45. The van der Waals surface area contributed by atoms with Crippen LogP contribution in [0.15, 0.2) is 9.59 Å². The Morgan fingerprint density at radius 2 is 1.76 bits per heavy atom. The quantitative estimate of drug-likeness (QED) is 0.507. The van der Waals surface area contributed by atoms with Crippen molar-refractivity contribution in [2.75, 3.05) is 5.73 Å². The molecule has 11 nitrogen and oxygen atoms in total. The fraction of sp³-hybridized carbons (Fsp3) is 0. The molecule has 0 saturated carbocycles. The SMILES string of the molecule is Nc1nc(=O)n2c3c1n1c(=O)n3OP(=O)(O1)O2. The maximum absolute atomic E-state index is 11.8. The summed E-state index contributed by atoms with van der Waals surface area (Å²) >= 11 is 0. The molecule has 1 atom stereocenters. The highest BCUT2D eigenvalue weighted by atomic mass is 31.2. The molecule has 0 fully saturated rings. The molecule has 17 heavy (non-hydrogen) atoms. The average Bonchev–Trinajstić information content (AvgIpc) is 2.43. The van der Waals surface area contributed by atoms with Crippen LogP contribution in [-0.4, -0.2) is 19.2 Å². The Labute approximate surface area is 90.0 Å². The molecule has 2 aliphatic heterocycles. The van der Waals surface area contributed by atoms with Gasteiger partial charge in [0.05, 0.1) is 0 Å². The van der Waals surface area contributed by atoms with Crippen molar-refractivity contribution in [3.05, 3.63) is 21.0 Å². The first-order valence-electron chi connectivity index (χ1n) is 4.26. The van der Waals surface area contributed by atoms with Crippen LogP contribution in [0.3, 0.4) is 0 Å². The molecule has 0 aromatic carbocycles. The second-order valence-corrected chi connectivity index (χ2v) is 4.69. The smallest absolute Gasteiger partial charge is 0.382 e. The third-order valence-corrected chi connectivity index (χ3v) is 3.41.